The molecule has 0 bridgehead atoms. The number of nitrogens with zero attached hydrogens (tertiary/aromatic N) is 1. The number of alkyl halides is 3. The van der Waals surface area contributed by atoms with Gasteiger partial charge in [-0.1, -0.05) is 12.1 Å². The Morgan fingerprint density at radius 1 is 1.24 bits per heavy atom. The van der Waals surface area contributed by atoms with Gasteiger partial charge >= 0.3 is 6.36 Å². The maximum atomic E-state index is 11.6. The van der Waals surface area contributed by atoms with Gasteiger partial charge in [-0.05, 0) is 17.7 Å². The van der Waals surface area contributed by atoms with E-state index in [4.69, 9.17) is 5.26 Å². The molecular formula is C11H11F3N2O. The Morgan fingerprint density at radius 3 is 2.41 bits per heavy atom. The van der Waals surface area contributed by atoms with E-state index in [0.717, 1.165) is 5.56 Å². The number of nitriles is 1. The van der Waals surface area contributed by atoms with Crippen LogP contribution < -0.4 is 5.32 Å². The number of hydrogen-bond acceptors (Lipinski definition) is 3. The maximum absolute atomic E-state index is 11.6. The van der Waals surface area contributed by atoms with Crippen LogP contribution in [0.25, 0.3) is 0 Å². The van der Waals surface area contributed by atoms with Crippen LogP contribution in [-0.4, -0.2) is 19.5 Å². The molecule has 3 nitrogen and oxygen atoms in total. The van der Waals surface area contributed by atoms with Crippen LogP contribution in [0.3, 0.4) is 0 Å². The largest absolute Gasteiger partial charge is 0.522 e. The standard InChI is InChI=1S/C11H11F3N2O/c12-11(13,14)17-6-5-16-8-10-3-1-9(7-15)2-4-10/h1-4,16H,5-6,8H2. The predicted octanol–water partition coefficient (Wildman–Crippen LogP) is 2.18. The zero-order valence-electron chi connectivity index (χ0n) is 8.92. The molecule has 0 saturated heterocycles. The van der Waals surface area contributed by atoms with Crippen molar-refractivity contribution in [3.05, 3.63) is 35.4 Å². The molecule has 0 aliphatic carbocycles. The second kappa shape index (κ2) is 6.23. The van der Waals surface area contributed by atoms with Gasteiger partial charge < -0.3 is 5.32 Å². The van der Waals surface area contributed by atoms with Crippen LogP contribution in [0, 0.1) is 11.3 Å². The highest BCUT2D eigenvalue weighted by Gasteiger charge is 2.28. The first kappa shape index (κ1) is 13.5. The molecule has 1 aromatic rings. The minimum atomic E-state index is -4.57. The fraction of sp³-hybridized carbons (Fsp3) is 0.364. The van der Waals surface area contributed by atoms with Crippen LogP contribution in [0.2, 0.25) is 0 Å². The second-order valence-corrected chi connectivity index (χ2v) is 3.28. The van der Waals surface area contributed by atoms with E-state index in [2.05, 4.69) is 10.1 Å². The fourth-order valence-electron chi connectivity index (χ4n) is 1.17. The molecule has 0 amide bonds. The topological polar surface area (TPSA) is 45.0 Å². The Labute approximate surface area is 96.8 Å². The summed E-state index contributed by atoms with van der Waals surface area (Å²) in [6.45, 7) is 0.131. The highest BCUT2D eigenvalue weighted by molar-refractivity contribution is 5.31. The first-order valence-corrected chi connectivity index (χ1v) is 4.92. The van der Waals surface area contributed by atoms with Crippen LogP contribution in [0.5, 0.6) is 0 Å². The Bertz CT molecular complexity index is 381. The summed E-state index contributed by atoms with van der Waals surface area (Å²) >= 11 is 0. The SMILES string of the molecule is N#Cc1ccc(CNCCOC(F)(F)F)cc1. The number of hydrogen-bond donors (Lipinski definition) is 1. The number of nitrogens with one attached hydrogen (secondary N) is 1. The van der Waals surface area contributed by atoms with Crippen molar-refractivity contribution in [1.29, 1.82) is 5.26 Å². The summed E-state index contributed by atoms with van der Waals surface area (Å²) in [6.07, 6.45) is -4.57. The smallest absolute Gasteiger partial charge is 0.310 e. The Kier molecular flexibility index (Phi) is 4.94. The maximum Gasteiger partial charge on any atom is 0.522 e. The third-order valence-corrected chi connectivity index (χ3v) is 1.96. The average Bonchev–Trinajstić information content (AvgIpc) is 2.28. The van der Waals surface area contributed by atoms with E-state index in [9.17, 15) is 13.2 Å². The van der Waals surface area contributed by atoms with Gasteiger partial charge in [-0.3, -0.25) is 4.74 Å². The van der Waals surface area contributed by atoms with Crippen molar-refractivity contribution >= 4 is 0 Å². The monoisotopic (exact) mass is 244 g/mol. The molecule has 0 saturated carbocycles. The molecule has 17 heavy (non-hydrogen) atoms. The van der Waals surface area contributed by atoms with Crippen LogP contribution in [0.1, 0.15) is 11.1 Å². The van der Waals surface area contributed by atoms with Crippen molar-refractivity contribution in [3.8, 4) is 6.07 Å². The van der Waals surface area contributed by atoms with Crippen LogP contribution >= 0.6 is 0 Å². The lowest BCUT2D eigenvalue weighted by molar-refractivity contribution is -0.323. The van der Waals surface area contributed by atoms with Gasteiger partial charge in [0.05, 0.1) is 18.2 Å². The first-order chi connectivity index (χ1) is 8.01. The van der Waals surface area contributed by atoms with Gasteiger partial charge in [-0.15, -0.1) is 13.2 Å². The van der Waals surface area contributed by atoms with E-state index in [0.29, 0.717) is 12.1 Å². The van der Waals surface area contributed by atoms with Gasteiger partial charge in [-0.2, -0.15) is 5.26 Å². The van der Waals surface area contributed by atoms with E-state index in [1.165, 1.54) is 0 Å². The Hall–Kier alpha value is -1.58. The van der Waals surface area contributed by atoms with E-state index < -0.39 is 13.0 Å². The summed E-state index contributed by atoms with van der Waals surface area (Å²) in [5.74, 6) is 0. The minimum Gasteiger partial charge on any atom is -0.310 e. The summed E-state index contributed by atoms with van der Waals surface area (Å²) in [5, 5.41) is 11.4. The highest BCUT2D eigenvalue weighted by Crippen LogP contribution is 2.15. The molecule has 0 radical (unpaired) electrons. The molecule has 92 valence electrons. The fourth-order valence-corrected chi connectivity index (χ4v) is 1.17. The summed E-state index contributed by atoms with van der Waals surface area (Å²) < 4.78 is 38.4. The predicted molar refractivity (Wildman–Crippen MR) is 54.9 cm³/mol. The van der Waals surface area contributed by atoms with Crippen LogP contribution in [0.15, 0.2) is 24.3 Å². The van der Waals surface area contributed by atoms with Gasteiger partial charge in [0.1, 0.15) is 0 Å². The minimum absolute atomic E-state index is 0.111. The molecule has 0 fully saturated rings. The van der Waals surface area contributed by atoms with Crippen LogP contribution in [-0.2, 0) is 11.3 Å². The zero-order chi connectivity index (χ0) is 12.7. The molecule has 1 aromatic carbocycles. The second-order valence-electron chi connectivity index (χ2n) is 3.28. The van der Waals surface area contributed by atoms with Crippen molar-refractivity contribution in [2.75, 3.05) is 13.2 Å². The molecule has 0 unspecified atom stereocenters. The number of rotatable bonds is 5. The van der Waals surface area contributed by atoms with Crippen molar-refractivity contribution in [2.24, 2.45) is 0 Å². The molecule has 0 aliphatic rings. The third-order valence-electron chi connectivity index (χ3n) is 1.96. The summed E-state index contributed by atoms with van der Waals surface area (Å²) in [5.41, 5.74) is 1.45. The third kappa shape index (κ3) is 5.90. The summed E-state index contributed by atoms with van der Waals surface area (Å²) in [7, 11) is 0. The van der Waals surface area contributed by atoms with Crippen molar-refractivity contribution in [3.63, 3.8) is 0 Å². The van der Waals surface area contributed by atoms with Crippen molar-refractivity contribution in [2.45, 2.75) is 12.9 Å². The van der Waals surface area contributed by atoms with E-state index in [1.807, 2.05) is 6.07 Å². The van der Waals surface area contributed by atoms with Gasteiger partial charge in [0, 0.05) is 13.1 Å². The highest BCUT2D eigenvalue weighted by atomic mass is 19.4. The molecule has 0 atom stereocenters. The van der Waals surface area contributed by atoms with Crippen LogP contribution in [0.4, 0.5) is 13.2 Å². The lowest BCUT2D eigenvalue weighted by atomic mass is 10.1. The normalized spacial score (nSPS) is 11.2. The quantitative estimate of drug-likeness (QED) is 0.807. The lowest BCUT2D eigenvalue weighted by Gasteiger charge is -2.08. The molecule has 1 N–H and O–H groups in total. The summed E-state index contributed by atoms with van der Waals surface area (Å²) in [4.78, 5) is 0. The number of ether oxygens (including phenoxy) is 1. The van der Waals surface area contributed by atoms with Crippen molar-refractivity contribution < 1.29 is 17.9 Å². The Morgan fingerprint density at radius 2 is 1.88 bits per heavy atom. The van der Waals surface area contributed by atoms with E-state index in [1.54, 1.807) is 24.3 Å². The molecule has 6 heteroatoms. The van der Waals surface area contributed by atoms with E-state index >= 15 is 0 Å². The van der Waals surface area contributed by atoms with E-state index in [-0.39, 0.29) is 6.54 Å². The molecule has 0 spiro atoms. The molecule has 0 aliphatic heterocycles. The van der Waals surface area contributed by atoms with Gasteiger partial charge in [0.25, 0.3) is 0 Å². The lowest BCUT2D eigenvalue weighted by Crippen LogP contribution is -2.23. The molecule has 0 aromatic heterocycles. The molecule has 0 heterocycles. The van der Waals surface area contributed by atoms with Gasteiger partial charge in [0.2, 0.25) is 0 Å². The zero-order valence-corrected chi connectivity index (χ0v) is 8.92. The number of benzene rings is 1. The van der Waals surface area contributed by atoms with Crippen molar-refractivity contribution in [1.82, 2.24) is 5.32 Å². The molecule has 1 rings (SSSR count). The average molecular weight is 244 g/mol. The number of halogens is 3. The Balaban J connectivity index is 2.20. The molecular weight excluding hydrogens is 233 g/mol. The summed E-state index contributed by atoms with van der Waals surface area (Å²) in [6, 6.07) is 8.79. The first-order valence-electron chi connectivity index (χ1n) is 4.92. The van der Waals surface area contributed by atoms with Gasteiger partial charge in [0.15, 0.2) is 0 Å². The van der Waals surface area contributed by atoms with Gasteiger partial charge in [-0.25, -0.2) is 0 Å².